The van der Waals surface area contributed by atoms with Crippen molar-refractivity contribution in [2.75, 3.05) is 6.54 Å². The van der Waals surface area contributed by atoms with Crippen molar-refractivity contribution in [2.45, 2.75) is 38.2 Å². The van der Waals surface area contributed by atoms with Crippen molar-refractivity contribution >= 4 is 28.5 Å². The van der Waals surface area contributed by atoms with Gasteiger partial charge in [-0.2, -0.15) is 0 Å². The highest BCUT2D eigenvalue weighted by molar-refractivity contribution is 14.1. The standard InChI is InChI=1S/C15H20INO2/c1-11-6-8-15(19,9-7-11)10-17-14(18)12-4-2-3-5-13(12)16/h2-5,11,19H,6-10H2,1H3,(H,17,18). The first-order valence-corrected chi connectivity index (χ1v) is 7.83. The van der Waals surface area contributed by atoms with Gasteiger partial charge in [0.05, 0.1) is 11.2 Å². The lowest BCUT2D eigenvalue weighted by Crippen LogP contribution is -2.45. The predicted molar refractivity (Wildman–Crippen MR) is 84.1 cm³/mol. The third-order valence-corrected chi connectivity index (χ3v) is 4.84. The van der Waals surface area contributed by atoms with Gasteiger partial charge in [0.25, 0.3) is 5.91 Å². The van der Waals surface area contributed by atoms with Crippen LogP contribution in [-0.2, 0) is 0 Å². The molecule has 19 heavy (non-hydrogen) atoms. The van der Waals surface area contributed by atoms with Gasteiger partial charge in [-0.15, -0.1) is 0 Å². The average molecular weight is 373 g/mol. The summed E-state index contributed by atoms with van der Waals surface area (Å²) in [6.45, 7) is 2.56. The normalized spacial score (nSPS) is 27.0. The van der Waals surface area contributed by atoms with Crippen molar-refractivity contribution < 1.29 is 9.90 Å². The van der Waals surface area contributed by atoms with Crippen LogP contribution in [0.25, 0.3) is 0 Å². The summed E-state index contributed by atoms with van der Waals surface area (Å²) in [6, 6.07) is 7.49. The van der Waals surface area contributed by atoms with Crippen LogP contribution in [0.3, 0.4) is 0 Å². The molecular weight excluding hydrogens is 353 g/mol. The number of halogens is 1. The molecule has 3 nitrogen and oxygen atoms in total. The van der Waals surface area contributed by atoms with Crippen LogP contribution < -0.4 is 5.32 Å². The van der Waals surface area contributed by atoms with Crippen molar-refractivity contribution in [1.82, 2.24) is 5.32 Å². The molecule has 0 heterocycles. The highest BCUT2D eigenvalue weighted by atomic mass is 127. The first-order valence-electron chi connectivity index (χ1n) is 6.75. The van der Waals surface area contributed by atoms with Gasteiger partial charge >= 0.3 is 0 Å². The summed E-state index contributed by atoms with van der Waals surface area (Å²) in [5, 5.41) is 13.3. The zero-order chi connectivity index (χ0) is 13.9. The number of hydrogen-bond donors (Lipinski definition) is 2. The van der Waals surface area contributed by atoms with Gasteiger partial charge in [0.1, 0.15) is 0 Å². The molecule has 104 valence electrons. The third-order valence-electron chi connectivity index (χ3n) is 3.90. The van der Waals surface area contributed by atoms with Crippen LogP contribution in [0.2, 0.25) is 0 Å². The van der Waals surface area contributed by atoms with Crippen LogP contribution in [0.15, 0.2) is 24.3 Å². The maximum atomic E-state index is 12.1. The Hall–Kier alpha value is -0.620. The summed E-state index contributed by atoms with van der Waals surface area (Å²) in [6.07, 6.45) is 3.63. The van der Waals surface area contributed by atoms with Gasteiger partial charge in [-0.3, -0.25) is 4.79 Å². The quantitative estimate of drug-likeness (QED) is 0.801. The van der Waals surface area contributed by atoms with Gasteiger partial charge in [-0.25, -0.2) is 0 Å². The molecule has 0 aliphatic heterocycles. The van der Waals surface area contributed by atoms with Crippen LogP contribution in [0.1, 0.15) is 43.0 Å². The Morgan fingerprint density at radius 3 is 2.68 bits per heavy atom. The fraction of sp³-hybridized carbons (Fsp3) is 0.533. The summed E-state index contributed by atoms with van der Waals surface area (Å²) in [4.78, 5) is 12.1. The number of benzene rings is 1. The Morgan fingerprint density at radius 2 is 2.05 bits per heavy atom. The Morgan fingerprint density at radius 1 is 1.42 bits per heavy atom. The molecular formula is C15H20INO2. The van der Waals surface area contributed by atoms with Crippen molar-refractivity contribution in [3.8, 4) is 0 Å². The van der Waals surface area contributed by atoms with E-state index in [0.29, 0.717) is 18.0 Å². The number of hydrogen-bond acceptors (Lipinski definition) is 2. The van der Waals surface area contributed by atoms with Crippen molar-refractivity contribution in [2.24, 2.45) is 5.92 Å². The van der Waals surface area contributed by atoms with Crippen LogP contribution in [-0.4, -0.2) is 23.2 Å². The van der Waals surface area contributed by atoms with E-state index in [-0.39, 0.29) is 5.91 Å². The van der Waals surface area contributed by atoms with Crippen LogP contribution >= 0.6 is 22.6 Å². The Kier molecular flexibility index (Phi) is 4.84. The summed E-state index contributed by atoms with van der Waals surface area (Å²) in [5.41, 5.74) is -0.0431. The molecule has 0 radical (unpaired) electrons. The highest BCUT2D eigenvalue weighted by Gasteiger charge is 2.32. The van der Waals surface area contributed by atoms with Crippen LogP contribution in [0, 0.1) is 9.49 Å². The second kappa shape index (κ2) is 6.22. The van der Waals surface area contributed by atoms with Gasteiger partial charge < -0.3 is 10.4 Å². The number of nitrogens with one attached hydrogen (secondary N) is 1. The molecule has 0 unspecified atom stereocenters. The molecule has 2 N–H and O–H groups in total. The van der Waals surface area contributed by atoms with Crippen molar-refractivity contribution in [1.29, 1.82) is 0 Å². The lowest BCUT2D eigenvalue weighted by Gasteiger charge is -2.34. The fourth-order valence-electron chi connectivity index (χ4n) is 2.46. The van der Waals surface area contributed by atoms with Gasteiger partial charge in [0.2, 0.25) is 0 Å². The summed E-state index contributed by atoms with van der Waals surface area (Å²) in [5.74, 6) is 0.586. The van der Waals surface area contributed by atoms with Crippen LogP contribution in [0.5, 0.6) is 0 Å². The van der Waals surface area contributed by atoms with E-state index in [0.717, 1.165) is 29.3 Å². The number of amides is 1. The van der Waals surface area contributed by atoms with Gasteiger partial charge in [0.15, 0.2) is 0 Å². The zero-order valence-corrected chi connectivity index (χ0v) is 13.3. The molecule has 1 aliphatic carbocycles. The zero-order valence-electron chi connectivity index (χ0n) is 11.2. The molecule has 0 saturated heterocycles. The molecule has 0 atom stereocenters. The fourth-order valence-corrected chi connectivity index (χ4v) is 3.09. The number of rotatable bonds is 3. The highest BCUT2D eigenvalue weighted by Crippen LogP contribution is 2.31. The van der Waals surface area contributed by atoms with E-state index in [1.165, 1.54) is 0 Å². The van der Waals surface area contributed by atoms with E-state index < -0.39 is 5.60 Å². The van der Waals surface area contributed by atoms with Crippen LogP contribution in [0.4, 0.5) is 0 Å². The van der Waals surface area contributed by atoms with Gasteiger partial charge in [0, 0.05) is 10.1 Å². The van der Waals surface area contributed by atoms with Gasteiger partial charge in [-0.05, 0) is 66.3 Å². The SMILES string of the molecule is CC1CCC(O)(CNC(=O)c2ccccc2I)CC1. The molecule has 1 fully saturated rings. The molecule has 1 amide bonds. The first-order chi connectivity index (χ1) is 9.00. The van der Waals surface area contributed by atoms with E-state index in [2.05, 4.69) is 34.8 Å². The largest absolute Gasteiger partial charge is 0.388 e. The summed E-state index contributed by atoms with van der Waals surface area (Å²) < 4.78 is 0.932. The van der Waals surface area contributed by atoms with E-state index >= 15 is 0 Å². The number of carbonyl (C=O) groups excluding carboxylic acids is 1. The molecule has 1 aliphatic rings. The van der Waals surface area contributed by atoms with E-state index in [1.54, 1.807) is 0 Å². The Balaban J connectivity index is 1.92. The maximum absolute atomic E-state index is 12.1. The minimum absolute atomic E-state index is 0.1000. The second-order valence-corrected chi connectivity index (χ2v) is 6.73. The predicted octanol–water partition coefficient (Wildman–Crippen LogP) is 2.96. The van der Waals surface area contributed by atoms with Crippen molar-refractivity contribution in [3.05, 3.63) is 33.4 Å². The lowest BCUT2D eigenvalue weighted by molar-refractivity contribution is -0.00540. The second-order valence-electron chi connectivity index (χ2n) is 5.57. The van der Waals surface area contributed by atoms with Crippen molar-refractivity contribution in [3.63, 3.8) is 0 Å². The van der Waals surface area contributed by atoms with Gasteiger partial charge in [-0.1, -0.05) is 19.1 Å². The minimum atomic E-state index is -0.720. The maximum Gasteiger partial charge on any atom is 0.252 e. The molecule has 1 aromatic rings. The average Bonchev–Trinajstić information content (AvgIpc) is 2.41. The molecule has 1 saturated carbocycles. The molecule has 0 spiro atoms. The lowest BCUT2D eigenvalue weighted by atomic mass is 9.79. The molecule has 4 heteroatoms. The minimum Gasteiger partial charge on any atom is -0.388 e. The summed E-state index contributed by atoms with van der Waals surface area (Å²) >= 11 is 2.15. The third kappa shape index (κ3) is 3.92. The Labute approximate surface area is 127 Å². The van der Waals surface area contributed by atoms with E-state index in [1.807, 2.05) is 24.3 Å². The number of carbonyl (C=O) groups is 1. The van der Waals surface area contributed by atoms with E-state index in [4.69, 9.17) is 0 Å². The molecule has 0 aromatic heterocycles. The monoisotopic (exact) mass is 373 g/mol. The first kappa shape index (κ1) is 14.8. The molecule has 1 aromatic carbocycles. The molecule has 0 bridgehead atoms. The van der Waals surface area contributed by atoms with E-state index in [9.17, 15) is 9.90 Å². The smallest absolute Gasteiger partial charge is 0.252 e. The summed E-state index contributed by atoms with van der Waals surface area (Å²) in [7, 11) is 0. The number of aliphatic hydroxyl groups is 1. The molecule has 2 rings (SSSR count). The Bertz CT molecular complexity index is 453. The topological polar surface area (TPSA) is 49.3 Å².